The summed E-state index contributed by atoms with van der Waals surface area (Å²) in [5.41, 5.74) is 0. The van der Waals surface area contributed by atoms with Crippen LogP contribution >= 0.6 is 0 Å². The molecule has 17 heavy (non-hydrogen) atoms. The van der Waals surface area contributed by atoms with Crippen molar-refractivity contribution >= 4 is 11.9 Å². The highest BCUT2D eigenvalue weighted by Crippen LogP contribution is 2.29. The fourth-order valence-electron chi connectivity index (χ4n) is 2.46. The van der Waals surface area contributed by atoms with Gasteiger partial charge in [-0.25, -0.2) is 4.79 Å². The highest BCUT2D eigenvalue weighted by Gasteiger charge is 2.20. The minimum atomic E-state index is -0.539. The third kappa shape index (κ3) is 5.20. The van der Waals surface area contributed by atoms with E-state index >= 15 is 0 Å². The lowest BCUT2D eigenvalue weighted by Crippen LogP contribution is -2.32. The van der Waals surface area contributed by atoms with Gasteiger partial charge in [0.05, 0.1) is 13.7 Å². The Labute approximate surface area is 103 Å². The van der Waals surface area contributed by atoms with Gasteiger partial charge in [-0.3, -0.25) is 4.79 Å². The third-order valence-electron chi connectivity index (χ3n) is 3.55. The van der Waals surface area contributed by atoms with Crippen LogP contribution in [0.15, 0.2) is 0 Å². The van der Waals surface area contributed by atoms with E-state index in [0.29, 0.717) is 5.92 Å². The molecule has 1 rings (SSSR count). The molecule has 1 unspecified atom stereocenters. The maximum atomic E-state index is 11.8. The molecule has 98 valence electrons. The van der Waals surface area contributed by atoms with Crippen LogP contribution in [-0.4, -0.2) is 25.5 Å². The molecule has 0 heterocycles. The van der Waals surface area contributed by atoms with Crippen LogP contribution in [0.3, 0.4) is 0 Å². The van der Waals surface area contributed by atoms with Gasteiger partial charge in [-0.1, -0.05) is 39.0 Å². The maximum absolute atomic E-state index is 11.8. The third-order valence-corrected chi connectivity index (χ3v) is 3.55. The summed E-state index contributed by atoms with van der Waals surface area (Å²) in [6.45, 7) is 2.04. The molecule has 0 aromatic heterocycles. The summed E-state index contributed by atoms with van der Waals surface area (Å²) in [5.74, 6) is 0.831. The number of amides is 1. The molecule has 1 atom stereocenters. The summed E-state index contributed by atoms with van der Waals surface area (Å²) in [5, 5.41) is 2.44. The second-order valence-electron chi connectivity index (χ2n) is 4.95. The lowest BCUT2D eigenvalue weighted by Gasteiger charge is -2.24. The molecule has 1 fully saturated rings. The van der Waals surface area contributed by atoms with Gasteiger partial charge >= 0.3 is 6.09 Å². The smallest absolute Gasteiger partial charge is 0.407 e. The Morgan fingerprint density at radius 1 is 1.29 bits per heavy atom. The van der Waals surface area contributed by atoms with E-state index < -0.39 is 6.09 Å². The molecule has 0 saturated heterocycles. The topological polar surface area (TPSA) is 55.4 Å². The van der Waals surface area contributed by atoms with E-state index in [9.17, 15) is 9.59 Å². The lowest BCUT2D eigenvalue weighted by molar-refractivity contribution is -0.122. The second kappa shape index (κ2) is 7.30. The van der Waals surface area contributed by atoms with Gasteiger partial charge < -0.3 is 10.1 Å². The monoisotopic (exact) mass is 241 g/mol. The molecule has 0 aliphatic heterocycles. The SMILES string of the molecule is COC(=O)NCC(=O)C(C)CC1CCCCC1. The summed E-state index contributed by atoms with van der Waals surface area (Å²) in [4.78, 5) is 22.6. The number of carbonyl (C=O) groups excluding carboxylic acids is 2. The zero-order valence-electron chi connectivity index (χ0n) is 10.8. The van der Waals surface area contributed by atoms with Crippen LogP contribution in [0.4, 0.5) is 4.79 Å². The Morgan fingerprint density at radius 2 is 1.94 bits per heavy atom. The minimum absolute atomic E-state index is 0.0373. The van der Waals surface area contributed by atoms with Crippen molar-refractivity contribution in [2.24, 2.45) is 11.8 Å². The van der Waals surface area contributed by atoms with Crippen molar-refractivity contribution in [1.29, 1.82) is 0 Å². The highest BCUT2D eigenvalue weighted by molar-refractivity contribution is 5.85. The van der Waals surface area contributed by atoms with Gasteiger partial charge in [0, 0.05) is 5.92 Å². The van der Waals surface area contributed by atoms with E-state index in [1.165, 1.54) is 39.2 Å². The van der Waals surface area contributed by atoms with Gasteiger partial charge in [-0.2, -0.15) is 0 Å². The van der Waals surface area contributed by atoms with E-state index in [2.05, 4.69) is 10.1 Å². The van der Waals surface area contributed by atoms with Crippen LogP contribution in [-0.2, 0) is 9.53 Å². The fourth-order valence-corrected chi connectivity index (χ4v) is 2.46. The predicted molar refractivity (Wildman–Crippen MR) is 65.8 cm³/mol. The largest absolute Gasteiger partial charge is 0.453 e. The molecule has 0 radical (unpaired) electrons. The lowest BCUT2D eigenvalue weighted by atomic mass is 9.82. The first-order valence-corrected chi connectivity index (χ1v) is 6.48. The van der Waals surface area contributed by atoms with Crippen LogP contribution in [0, 0.1) is 11.8 Å². The number of hydrogen-bond acceptors (Lipinski definition) is 3. The number of alkyl carbamates (subject to hydrolysis) is 1. The van der Waals surface area contributed by atoms with Crippen LogP contribution in [0.1, 0.15) is 45.4 Å². The van der Waals surface area contributed by atoms with Crippen molar-refractivity contribution in [3.63, 3.8) is 0 Å². The number of nitrogens with one attached hydrogen (secondary N) is 1. The van der Waals surface area contributed by atoms with Gasteiger partial charge in [0.25, 0.3) is 0 Å². The Balaban J connectivity index is 2.23. The van der Waals surface area contributed by atoms with Crippen molar-refractivity contribution in [3.05, 3.63) is 0 Å². The van der Waals surface area contributed by atoms with E-state index in [4.69, 9.17) is 0 Å². The van der Waals surface area contributed by atoms with Crippen molar-refractivity contribution < 1.29 is 14.3 Å². The Kier molecular flexibility index (Phi) is 6.01. The highest BCUT2D eigenvalue weighted by atomic mass is 16.5. The number of hydrogen-bond donors (Lipinski definition) is 1. The first kappa shape index (κ1) is 14.0. The van der Waals surface area contributed by atoms with Crippen LogP contribution < -0.4 is 5.32 Å². The quantitative estimate of drug-likeness (QED) is 0.804. The van der Waals surface area contributed by atoms with Crippen molar-refractivity contribution in [2.75, 3.05) is 13.7 Å². The van der Waals surface area contributed by atoms with E-state index in [1.54, 1.807) is 0 Å². The number of ether oxygens (including phenoxy) is 1. The van der Waals surface area contributed by atoms with Gasteiger partial charge in [0.2, 0.25) is 0 Å². The Morgan fingerprint density at radius 3 is 2.53 bits per heavy atom. The van der Waals surface area contributed by atoms with E-state index in [1.807, 2.05) is 6.92 Å². The number of methoxy groups -OCH3 is 1. The molecule has 1 aliphatic carbocycles. The predicted octanol–water partition coefficient (Wildman–Crippen LogP) is 2.52. The number of carbonyl (C=O) groups is 2. The molecule has 0 bridgehead atoms. The average Bonchev–Trinajstić information content (AvgIpc) is 2.36. The second-order valence-corrected chi connectivity index (χ2v) is 4.95. The standard InChI is InChI=1S/C13H23NO3/c1-10(8-11-6-4-3-5-7-11)12(15)9-14-13(16)17-2/h10-11H,3-9H2,1-2H3,(H,14,16). The Hall–Kier alpha value is -1.06. The van der Waals surface area contributed by atoms with E-state index in [0.717, 1.165) is 6.42 Å². The van der Waals surface area contributed by atoms with Gasteiger partial charge in [-0.15, -0.1) is 0 Å². The summed E-state index contributed by atoms with van der Waals surface area (Å²) in [7, 11) is 1.30. The number of Topliss-reactive ketones (excluding diaryl/α,β-unsaturated/α-hetero) is 1. The molecule has 0 aromatic rings. The van der Waals surface area contributed by atoms with Crippen LogP contribution in [0.2, 0.25) is 0 Å². The molecule has 1 N–H and O–H groups in total. The van der Waals surface area contributed by atoms with Gasteiger partial charge in [0.1, 0.15) is 0 Å². The molecule has 4 heteroatoms. The first-order valence-electron chi connectivity index (χ1n) is 6.48. The molecule has 1 amide bonds. The van der Waals surface area contributed by atoms with Crippen LogP contribution in [0.5, 0.6) is 0 Å². The zero-order valence-corrected chi connectivity index (χ0v) is 10.8. The first-order chi connectivity index (χ1) is 8.13. The van der Waals surface area contributed by atoms with Crippen molar-refractivity contribution in [2.45, 2.75) is 45.4 Å². The fraction of sp³-hybridized carbons (Fsp3) is 0.846. The zero-order chi connectivity index (χ0) is 12.7. The van der Waals surface area contributed by atoms with Gasteiger partial charge in [-0.05, 0) is 12.3 Å². The van der Waals surface area contributed by atoms with Crippen molar-refractivity contribution in [1.82, 2.24) is 5.32 Å². The summed E-state index contributed by atoms with van der Waals surface area (Å²) in [6, 6.07) is 0. The molecule has 4 nitrogen and oxygen atoms in total. The van der Waals surface area contributed by atoms with Crippen molar-refractivity contribution in [3.8, 4) is 0 Å². The number of rotatable bonds is 5. The van der Waals surface area contributed by atoms with Gasteiger partial charge in [0.15, 0.2) is 5.78 Å². The summed E-state index contributed by atoms with van der Waals surface area (Å²) >= 11 is 0. The van der Waals surface area contributed by atoms with E-state index in [-0.39, 0.29) is 18.2 Å². The van der Waals surface area contributed by atoms with Crippen LogP contribution in [0.25, 0.3) is 0 Å². The normalized spacial score (nSPS) is 18.5. The molecular weight excluding hydrogens is 218 g/mol. The molecule has 1 aliphatic rings. The molecule has 0 spiro atoms. The summed E-state index contributed by atoms with van der Waals surface area (Å²) < 4.78 is 4.43. The number of ketones is 1. The molecular formula is C13H23NO3. The Bertz CT molecular complexity index is 259. The average molecular weight is 241 g/mol. The minimum Gasteiger partial charge on any atom is -0.453 e. The maximum Gasteiger partial charge on any atom is 0.407 e. The molecule has 1 saturated carbocycles. The summed E-state index contributed by atoms with van der Waals surface area (Å²) in [6.07, 6.45) is 6.86. The molecule has 0 aromatic carbocycles.